The summed E-state index contributed by atoms with van der Waals surface area (Å²) in [6.07, 6.45) is 0. The lowest BCUT2D eigenvalue weighted by molar-refractivity contribution is -0.118. The van der Waals surface area contributed by atoms with Gasteiger partial charge in [0.1, 0.15) is 0 Å². The number of amides is 1. The van der Waals surface area contributed by atoms with Crippen molar-refractivity contribution < 1.29 is 14.3 Å². The number of carbonyl (C=O) groups excluding carboxylic acids is 1. The number of aryl methyl sites for hydroxylation is 1. The first kappa shape index (κ1) is 22.2. The van der Waals surface area contributed by atoms with Gasteiger partial charge in [-0.25, -0.2) is 0 Å². The molecule has 0 heterocycles. The molecule has 2 rings (SSSR count). The number of benzene rings is 2. The molecule has 0 saturated heterocycles. The van der Waals surface area contributed by atoms with Crippen molar-refractivity contribution in [2.45, 2.75) is 34.2 Å². The molecule has 0 bridgehead atoms. The molecule has 2 aromatic rings. The Hall–Kier alpha value is -2.05. The maximum Gasteiger partial charge on any atom is 0.262 e. The van der Waals surface area contributed by atoms with Gasteiger partial charge in [0.05, 0.1) is 6.61 Å². The van der Waals surface area contributed by atoms with Crippen LogP contribution in [0.2, 0.25) is 0 Å². The van der Waals surface area contributed by atoms with E-state index in [4.69, 9.17) is 9.47 Å². The van der Waals surface area contributed by atoms with E-state index in [0.29, 0.717) is 24.0 Å². The van der Waals surface area contributed by atoms with E-state index in [0.717, 1.165) is 34.4 Å². The molecular weight excluding hydrogens is 420 g/mol. The topological polar surface area (TPSA) is 59.6 Å². The Morgan fingerprint density at radius 2 is 1.79 bits per heavy atom. The summed E-state index contributed by atoms with van der Waals surface area (Å²) < 4.78 is 12.4. The quantitative estimate of drug-likeness (QED) is 0.541. The molecule has 0 aliphatic rings. The monoisotopic (exact) mass is 448 g/mol. The average Bonchev–Trinajstić information content (AvgIpc) is 2.64. The van der Waals surface area contributed by atoms with E-state index < -0.39 is 0 Å². The van der Waals surface area contributed by atoms with Gasteiger partial charge in [0, 0.05) is 16.7 Å². The Kier molecular flexibility index (Phi) is 8.80. The van der Waals surface area contributed by atoms with Crippen molar-refractivity contribution in [1.82, 2.24) is 5.32 Å². The summed E-state index contributed by atoms with van der Waals surface area (Å²) in [6.45, 7) is 10.4. The fourth-order valence-corrected chi connectivity index (χ4v) is 3.03. The number of rotatable bonds is 10. The smallest absolute Gasteiger partial charge is 0.262 e. The van der Waals surface area contributed by atoms with Gasteiger partial charge in [-0.15, -0.1) is 0 Å². The standard InChI is InChI=1S/C22H29BrN2O3/c1-5-27-20-10-17(13-24-12-15(2)3)19(23)11-21(20)28-14-22(26)25-18-8-6-16(4)7-9-18/h6-11,15,24H,5,12-14H2,1-4H3,(H,25,26). The van der Waals surface area contributed by atoms with Gasteiger partial charge in [0.25, 0.3) is 5.91 Å². The molecule has 6 heteroatoms. The zero-order valence-electron chi connectivity index (χ0n) is 17.0. The summed E-state index contributed by atoms with van der Waals surface area (Å²) in [7, 11) is 0. The lowest BCUT2D eigenvalue weighted by atomic mass is 10.1. The predicted octanol–water partition coefficient (Wildman–Crippen LogP) is 4.92. The summed E-state index contributed by atoms with van der Waals surface area (Å²) >= 11 is 3.59. The lowest BCUT2D eigenvalue weighted by Crippen LogP contribution is -2.21. The van der Waals surface area contributed by atoms with Crippen molar-refractivity contribution in [3.8, 4) is 11.5 Å². The van der Waals surface area contributed by atoms with Crippen LogP contribution in [0.4, 0.5) is 5.69 Å². The molecule has 5 nitrogen and oxygen atoms in total. The largest absolute Gasteiger partial charge is 0.490 e. The molecule has 0 aromatic heterocycles. The normalized spacial score (nSPS) is 10.8. The van der Waals surface area contributed by atoms with Crippen LogP contribution < -0.4 is 20.1 Å². The minimum Gasteiger partial charge on any atom is -0.490 e. The first-order valence-electron chi connectivity index (χ1n) is 9.54. The minimum atomic E-state index is -0.217. The molecule has 0 aliphatic heterocycles. The van der Waals surface area contributed by atoms with Crippen molar-refractivity contribution in [2.24, 2.45) is 5.92 Å². The number of nitrogens with one attached hydrogen (secondary N) is 2. The molecule has 2 N–H and O–H groups in total. The van der Waals surface area contributed by atoms with Crippen molar-refractivity contribution >= 4 is 27.5 Å². The second kappa shape index (κ2) is 11.1. The van der Waals surface area contributed by atoms with Crippen molar-refractivity contribution in [3.63, 3.8) is 0 Å². The van der Waals surface area contributed by atoms with Gasteiger partial charge in [0.2, 0.25) is 0 Å². The second-order valence-corrected chi connectivity index (χ2v) is 7.91. The molecule has 2 aromatic carbocycles. The molecule has 0 atom stereocenters. The van der Waals surface area contributed by atoms with Gasteiger partial charge in [-0.05, 0) is 56.1 Å². The van der Waals surface area contributed by atoms with Crippen molar-refractivity contribution in [3.05, 3.63) is 52.0 Å². The van der Waals surface area contributed by atoms with Crippen LogP contribution in [0.1, 0.15) is 31.9 Å². The number of anilines is 1. The van der Waals surface area contributed by atoms with Crippen LogP contribution in [0.15, 0.2) is 40.9 Å². The van der Waals surface area contributed by atoms with E-state index in [9.17, 15) is 4.79 Å². The zero-order valence-corrected chi connectivity index (χ0v) is 18.6. The number of halogens is 1. The highest BCUT2D eigenvalue weighted by molar-refractivity contribution is 9.10. The summed E-state index contributed by atoms with van der Waals surface area (Å²) in [6, 6.07) is 11.5. The number of ether oxygens (including phenoxy) is 2. The van der Waals surface area contributed by atoms with Gasteiger partial charge in [-0.2, -0.15) is 0 Å². The molecule has 0 saturated carbocycles. The van der Waals surface area contributed by atoms with E-state index in [2.05, 4.69) is 40.4 Å². The SMILES string of the molecule is CCOc1cc(CNCC(C)C)c(Br)cc1OCC(=O)Nc1ccc(C)cc1. The fourth-order valence-electron chi connectivity index (χ4n) is 2.57. The number of hydrogen-bond acceptors (Lipinski definition) is 4. The highest BCUT2D eigenvalue weighted by Crippen LogP contribution is 2.34. The number of carbonyl (C=O) groups is 1. The van der Waals surface area contributed by atoms with Gasteiger partial charge >= 0.3 is 0 Å². The Labute approximate surface area is 175 Å². The first-order valence-corrected chi connectivity index (χ1v) is 10.3. The summed E-state index contributed by atoms with van der Waals surface area (Å²) in [5.41, 5.74) is 2.97. The van der Waals surface area contributed by atoms with E-state index >= 15 is 0 Å². The molecule has 0 spiro atoms. The Balaban J connectivity index is 2.01. The predicted molar refractivity (Wildman–Crippen MR) is 117 cm³/mol. The Morgan fingerprint density at radius 3 is 2.43 bits per heavy atom. The van der Waals surface area contributed by atoms with Gasteiger partial charge in [0.15, 0.2) is 18.1 Å². The third kappa shape index (κ3) is 7.17. The Bertz CT molecular complexity index is 776. The van der Waals surface area contributed by atoms with E-state index in [-0.39, 0.29) is 12.5 Å². The van der Waals surface area contributed by atoms with Gasteiger partial charge < -0.3 is 20.1 Å². The van der Waals surface area contributed by atoms with E-state index in [1.165, 1.54) is 0 Å². The lowest BCUT2D eigenvalue weighted by Gasteiger charge is -2.16. The van der Waals surface area contributed by atoms with Crippen molar-refractivity contribution in [1.29, 1.82) is 0 Å². The average molecular weight is 449 g/mol. The third-order valence-corrected chi connectivity index (χ3v) is 4.71. The summed E-state index contributed by atoms with van der Waals surface area (Å²) in [4.78, 5) is 12.2. The van der Waals surface area contributed by atoms with Crippen LogP contribution in [-0.4, -0.2) is 25.7 Å². The Morgan fingerprint density at radius 1 is 1.11 bits per heavy atom. The van der Waals surface area contributed by atoms with Crippen LogP contribution in [0.5, 0.6) is 11.5 Å². The third-order valence-electron chi connectivity index (χ3n) is 3.97. The minimum absolute atomic E-state index is 0.0919. The highest BCUT2D eigenvalue weighted by Gasteiger charge is 2.13. The van der Waals surface area contributed by atoms with E-state index in [1.54, 1.807) is 0 Å². The molecule has 0 radical (unpaired) electrons. The molecule has 0 aliphatic carbocycles. The molecule has 0 unspecified atom stereocenters. The summed E-state index contributed by atoms with van der Waals surface area (Å²) in [5, 5.41) is 6.25. The van der Waals surface area contributed by atoms with Crippen LogP contribution in [0, 0.1) is 12.8 Å². The van der Waals surface area contributed by atoms with Gasteiger partial charge in [-0.1, -0.05) is 47.5 Å². The maximum absolute atomic E-state index is 12.2. The fraction of sp³-hybridized carbons (Fsp3) is 0.409. The van der Waals surface area contributed by atoms with Crippen LogP contribution in [-0.2, 0) is 11.3 Å². The molecule has 1 amide bonds. The first-order chi connectivity index (χ1) is 13.4. The zero-order chi connectivity index (χ0) is 20.5. The molecular formula is C22H29BrN2O3. The van der Waals surface area contributed by atoms with E-state index in [1.807, 2.05) is 50.2 Å². The van der Waals surface area contributed by atoms with Gasteiger partial charge in [-0.3, -0.25) is 4.79 Å². The second-order valence-electron chi connectivity index (χ2n) is 7.05. The molecule has 28 heavy (non-hydrogen) atoms. The van der Waals surface area contributed by atoms with Crippen molar-refractivity contribution in [2.75, 3.05) is 25.1 Å². The summed E-state index contributed by atoms with van der Waals surface area (Å²) in [5.74, 6) is 1.54. The molecule has 152 valence electrons. The number of hydrogen-bond donors (Lipinski definition) is 2. The maximum atomic E-state index is 12.2. The van der Waals surface area contributed by atoms with Crippen LogP contribution >= 0.6 is 15.9 Å². The van der Waals surface area contributed by atoms with Crippen LogP contribution in [0.3, 0.4) is 0 Å². The highest BCUT2D eigenvalue weighted by atomic mass is 79.9. The van der Waals surface area contributed by atoms with Crippen LogP contribution in [0.25, 0.3) is 0 Å². The molecule has 0 fully saturated rings.